The molecule has 4 rings (SSSR count). The number of rotatable bonds is 5. The summed E-state index contributed by atoms with van der Waals surface area (Å²) < 4.78 is 0. The van der Waals surface area contributed by atoms with Gasteiger partial charge in [-0.2, -0.15) is 5.10 Å². The Bertz CT molecular complexity index is 1050. The number of benzene rings is 1. The molecule has 3 N–H and O–H groups in total. The van der Waals surface area contributed by atoms with Gasteiger partial charge in [-0.15, -0.1) is 22.7 Å². The molecule has 134 valence electrons. The van der Waals surface area contributed by atoms with Gasteiger partial charge in [-0.3, -0.25) is 14.7 Å². The number of hydrogen-bond donors (Lipinski definition) is 3. The Morgan fingerprint density at radius 2 is 1.67 bits per heavy atom. The lowest BCUT2D eigenvalue weighted by molar-refractivity contribution is 0.102. The Balaban J connectivity index is 1.40. The minimum Gasteiger partial charge on any atom is -0.321 e. The molecular weight excluding hydrogens is 380 g/mol. The van der Waals surface area contributed by atoms with Gasteiger partial charge in [0, 0.05) is 17.3 Å². The van der Waals surface area contributed by atoms with E-state index >= 15 is 0 Å². The van der Waals surface area contributed by atoms with E-state index in [0.29, 0.717) is 21.9 Å². The van der Waals surface area contributed by atoms with Gasteiger partial charge >= 0.3 is 0 Å². The van der Waals surface area contributed by atoms with E-state index in [-0.39, 0.29) is 11.8 Å². The summed E-state index contributed by atoms with van der Waals surface area (Å²) in [5, 5.41) is 16.4. The summed E-state index contributed by atoms with van der Waals surface area (Å²) in [5.41, 5.74) is 1.96. The topological polar surface area (TPSA) is 86.9 Å². The van der Waals surface area contributed by atoms with Crippen molar-refractivity contribution in [2.45, 2.75) is 0 Å². The van der Waals surface area contributed by atoms with Crippen molar-refractivity contribution in [2.75, 3.05) is 10.6 Å². The van der Waals surface area contributed by atoms with E-state index in [1.807, 2.05) is 29.0 Å². The van der Waals surface area contributed by atoms with Gasteiger partial charge in [-0.05, 0) is 47.2 Å². The Hall–Kier alpha value is -3.23. The van der Waals surface area contributed by atoms with Gasteiger partial charge in [-0.25, -0.2) is 0 Å². The standard InChI is InChI=1S/C19H14N4O2S2/c24-18(21-17-11-14(22-23-17)15-3-1-9-26-15)12-5-7-13(8-6-12)20-19(25)16-4-2-10-27-16/h1-11H,(H,20,25)(H2,21,22,23,24). The molecule has 0 aliphatic rings. The van der Waals surface area contributed by atoms with E-state index < -0.39 is 0 Å². The van der Waals surface area contributed by atoms with Crippen molar-refractivity contribution >= 4 is 46.0 Å². The van der Waals surface area contributed by atoms with E-state index in [4.69, 9.17) is 0 Å². The van der Waals surface area contributed by atoms with Gasteiger partial charge in [0.05, 0.1) is 15.4 Å². The maximum atomic E-state index is 12.4. The Morgan fingerprint density at radius 3 is 2.37 bits per heavy atom. The number of aromatic nitrogens is 2. The van der Waals surface area contributed by atoms with Crippen molar-refractivity contribution in [3.63, 3.8) is 0 Å². The van der Waals surface area contributed by atoms with Gasteiger partial charge in [0.2, 0.25) is 0 Å². The number of nitrogens with one attached hydrogen (secondary N) is 3. The fraction of sp³-hybridized carbons (Fsp3) is 0. The van der Waals surface area contributed by atoms with E-state index in [9.17, 15) is 9.59 Å². The summed E-state index contributed by atoms with van der Waals surface area (Å²) in [5.74, 6) is 0.0219. The van der Waals surface area contributed by atoms with Crippen molar-refractivity contribution in [1.82, 2.24) is 10.2 Å². The lowest BCUT2D eigenvalue weighted by Gasteiger charge is -2.05. The number of H-pyrrole nitrogens is 1. The molecule has 0 aliphatic heterocycles. The number of amides is 2. The highest BCUT2D eigenvalue weighted by Gasteiger charge is 2.11. The summed E-state index contributed by atoms with van der Waals surface area (Å²) in [7, 11) is 0. The second-order valence-electron chi connectivity index (χ2n) is 5.61. The zero-order valence-electron chi connectivity index (χ0n) is 13.9. The molecule has 0 spiro atoms. The molecule has 0 fully saturated rings. The number of nitrogens with zero attached hydrogens (tertiary/aromatic N) is 1. The molecule has 0 radical (unpaired) electrons. The molecule has 0 saturated heterocycles. The van der Waals surface area contributed by atoms with Crippen LogP contribution in [0.25, 0.3) is 10.6 Å². The predicted octanol–water partition coefficient (Wildman–Crippen LogP) is 4.70. The molecule has 2 amide bonds. The minimum absolute atomic E-state index is 0.167. The normalized spacial score (nSPS) is 10.5. The highest BCUT2D eigenvalue weighted by atomic mass is 32.1. The molecule has 0 atom stereocenters. The molecule has 8 heteroatoms. The fourth-order valence-corrected chi connectivity index (χ4v) is 3.75. The third kappa shape index (κ3) is 3.97. The molecule has 0 unspecified atom stereocenters. The maximum Gasteiger partial charge on any atom is 0.265 e. The van der Waals surface area contributed by atoms with Gasteiger partial charge in [0.15, 0.2) is 5.82 Å². The SMILES string of the molecule is O=C(Nc1cc(-c2cccs2)[nH]n1)c1ccc(NC(=O)c2cccs2)cc1. The van der Waals surface area contributed by atoms with Crippen LogP contribution in [0.3, 0.4) is 0 Å². The molecule has 3 heterocycles. The van der Waals surface area contributed by atoms with Crippen molar-refractivity contribution < 1.29 is 9.59 Å². The lowest BCUT2D eigenvalue weighted by atomic mass is 10.2. The molecule has 4 aromatic rings. The fourth-order valence-electron chi connectivity index (χ4n) is 2.44. The van der Waals surface area contributed by atoms with Gasteiger partial charge in [0.25, 0.3) is 11.8 Å². The molecule has 6 nitrogen and oxygen atoms in total. The highest BCUT2D eigenvalue weighted by molar-refractivity contribution is 7.13. The van der Waals surface area contributed by atoms with E-state index in [0.717, 1.165) is 10.6 Å². The molecule has 1 aromatic carbocycles. The van der Waals surface area contributed by atoms with Crippen molar-refractivity contribution in [3.05, 3.63) is 75.8 Å². The molecule has 27 heavy (non-hydrogen) atoms. The van der Waals surface area contributed by atoms with Crippen LogP contribution in [-0.4, -0.2) is 22.0 Å². The quantitative estimate of drug-likeness (QED) is 0.458. The second-order valence-corrected chi connectivity index (χ2v) is 7.50. The van der Waals surface area contributed by atoms with Crippen molar-refractivity contribution in [1.29, 1.82) is 0 Å². The van der Waals surface area contributed by atoms with Crippen molar-refractivity contribution in [3.8, 4) is 10.6 Å². The predicted molar refractivity (Wildman–Crippen MR) is 109 cm³/mol. The van der Waals surface area contributed by atoms with Crippen LogP contribution in [-0.2, 0) is 0 Å². The minimum atomic E-state index is -0.268. The van der Waals surface area contributed by atoms with Gasteiger partial charge in [-0.1, -0.05) is 12.1 Å². The number of hydrogen-bond acceptors (Lipinski definition) is 5. The number of aromatic amines is 1. The van der Waals surface area contributed by atoms with E-state index in [1.54, 1.807) is 47.7 Å². The van der Waals surface area contributed by atoms with Crippen LogP contribution in [0.1, 0.15) is 20.0 Å². The van der Waals surface area contributed by atoms with Crippen LogP contribution in [0.5, 0.6) is 0 Å². The molecule has 3 aromatic heterocycles. The van der Waals surface area contributed by atoms with Crippen LogP contribution >= 0.6 is 22.7 Å². The smallest absolute Gasteiger partial charge is 0.265 e. The second kappa shape index (κ2) is 7.56. The first kappa shape index (κ1) is 17.2. The van der Waals surface area contributed by atoms with E-state index in [1.165, 1.54) is 11.3 Å². The summed E-state index contributed by atoms with van der Waals surface area (Å²) in [6.45, 7) is 0. The molecule has 0 saturated carbocycles. The number of anilines is 2. The Kier molecular flexibility index (Phi) is 4.82. The zero-order valence-corrected chi connectivity index (χ0v) is 15.6. The molecular formula is C19H14N4O2S2. The van der Waals surface area contributed by atoms with Crippen LogP contribution < -0.4 is 10.6 Å². The summed E-state index contributed by atoms with van der Waals surface area (Å²) >= 11 is 2.97. The number of thiophene rings is 2. The Morgan fingerprint density at radius 1 is 0.889 bits per heavy atom. The lowest BCUT2D eigenvalue weighted by Crippen LogP contribution is -2.13. The molecule has 0 bridgehead atoms. The highest BCUT2D eigenvalue weighted by Crippen LogP contribution is 2.24. The third-order valence-electron chi connectivity index (χ3n) is 3.76. The monoisotopic (exact) mass is 394 g/mol. The number of carbonyl (C=O) groups is 2. The largest absolute Gasteiger partial charge is 0.321 e. The first-order chi connectivity index (χ1) is 13.2. The molecule has 0 aliphatic carbocycles. The van der Waals surface area contributed by atoms with Crippen LogP contribution in [0.2, 0.25) is 0 Å². The maximum absolute atomic E-state index is 12.4. The average molecular weight is 394 g/mol. The van der Waals surface area contributed by atoms with Crippen LogP contribution in [0.15, 0.2) is 65.4 Å². The average Bonchev–Trinajstić information content (AvgIpc) is 3.43. The van der Waals surface area contributed by atoms with Crippen LogP contribution in [0, 0.1) is 0 Å². The van der Waals surface area contributed by atoms with E-state index in [2.05, 4.69) is 20.8 Å². The Labute approximate surface area is 162 Å². The van der Waals surface area contributed by atoms with Gasteiger partial charge in [0.1, 0.15) is 0 Å². The van der Waals surface area contributed by atoms with Gasteiger partial charge < -0.3 is 10.6 Å². The number of carbonyl (C=O) groups excluding carboxylic acids is 2. The third-order valence-corrected chi connectivity index (χ3v) is 5.53. The summed E-state index contributed by atoms with van der Waals surface area (Å²) in [4.78, 5) is 26.1. The zero-order chi connectivity index (χ0) is 18.6. The summed E-state index contributed by atoms with van der Waals surface area (Å²) in [6.07, 6.45) is 0. The van der Waals surface area contributed by atoms with Crippen molar-refractivity contribution in [2.24, 2.45) is 0 Å². The summed E-state index contributed by atoms with van der Waals surface area (Å²) in [6, 6.07) is 16.0. The first-order valence-corrected chi connectivity index (χ1v) is 9.80. The van der Waals surface area contributed by atoms with Crippen LogP contribution in [0.4, 0.5) is 11.5 Å². The first-order valence-electron chi connectivity index (χ1n) is 8.04.